The van der Waals surface area contributed by atoms with Crippen molar-refractivity contribution in [2.75, 3.05) is 14.2 Å². The minimum absolute atomic E-state index is 0.0792. The number of nitrogens with one attached hydrogen (secondary N) is 1. The van der Waals surface area contributed by atoms with Gasteiger partial charge in [-0.1, -0.05) is 18.2 Å². The monoisotopic (exact) mass is 417 g/mol. The summed E-state index contributed by atoms with van der Waals surface area (Å²) in [7, 11) is 3.05. The highest BCUT2D eigenvalue weighted by atomic mass is 16.5. The van der Waals surface area contributed by atoms with E-state index in [0.29, 0.717) is 22.7 Å². The molecule has 1 N–H and O–H groups in total. The van der Waals surface area contributed by atoms with E-state index >= 15 is 0 Å². The van der Waals surface area contributed by atoms with Gasteiger partial charge in [-0.05, 0) is 42.8 Å². The normalized spacial score (nSPS) is 10.5. The number of rotatable bonds is 6. The molecule has 1 heterocycles. The van der Waals surface area contributed by atoms with Crippen LogP contribution in [0.15, 0.2) is 58.4 Å². The van der Waals surface area contributed by atoms with Crippen LogP contribution in [-0.4, -0.2) is 36.1 Å². The van der Waals surface area contributed by atoms with E-state index in [2.05, 4.69) is 15.6 Å². The zero-order valence-electron chi connectivity index (χ0n) is 17.1. The molecule has 0 saturated heterocycles. The van der Waals surface area contributed by atoms with Crippen molar-refractivity contribution in [2.45, 2.75) is 6.92 Å². The van der Waals surface area contributed by atoms with Crippen LogP contribution in [0.25, 0.3) is 5.69 Å². The molecule has 0 unspecified atom stereocenters. The summed E-state index contributed by atoms with van der Waals surface area (Å²) in [6, 6.07) is 15.5. The average Bonchev–Trinajstić information content (AvgIpc) is 2.79. The molecule has 0 radical (unpaired) electrons. The van der Waals surface area contributed by atoms with E-state index in [0.717, 1.165) is 4.68 Å². The van der Waals surface area contributed by atoms with Gasteiger partial charge in [0.15, 0.2) is 17.2 Å². The van der Waals surface area contributed by atoms with Crippen molar-refractivity contribution in [1.29, 1.82) is 5.26 Å². The Balaban J connectivity index is 1.91. The van der Waals surface area contributed by atoms with Gasteiger partial charge in [0.25, 0.3) is 11.5 Å². The Morgan fingerprint density at radius 2 is 1.87 bits per heavy atom. The Hall–Kier alpha value is -4.45. The maximum Gasteiger partial charge on any atom is 0.292 e. The minimum Gasteiger partial charge on any atom is -0.493 e. The first-order chi connectivity index (χ1) is 15.0. The first kappa shape index (κ1) is 21.3. The SMILES string of the molecule is COc1ccc(/C=N/NC(=O)c2nn(-c3ccccc3)c(=O)c(C#N)c2C)cc1OC. The van der Waals surface area contributed by atoms with Gasteiger partial charge in [0.05, 0.1) is 26.1 Å². The fraction of sp³-hybridized carbons (Fsp3) is 0.136. The lowest BCUT2D eigenvalue weighted by Gasteiger charge is -2.10. The molecule has 156 valence electrons. The molecule has 0 spiro atoms. The van der Waals surface area contributed by atoms with Crippen molar-refractivity contribution in [1.82, 2.24) is 15.2 Å². The molecule has 1 amide bonds. The summed E-state index contributed by atoms with van der Waals surface area (Å²) in [5.41, 5.74) is 2.81. The summed E-state index contributed by atoms with van der Waals surface area (Å²) in [5, 5.41) is 17.5. The molecule has 1 aromatic heterocycles. The number of hydrazone groups is 1. The molecular formula is C22H19N5O4. The van der Waals surface area contributed by atoms with E-state index < -0.39 is 11.5 Å². The highest BCUT2D eigenvalue weighted by Gasteiger charge is 2.20. The number of hydrogen-bond acceptors (Lipinski definition) is 7. The summed E-state index contributed by atoms with van der Waals surface area (Å²) in [4.78, 5) is 25.3. The minimum atomic E-state index is -0.657. The van der Waals surface area contributed by atoms with Crippen LogP contribution in [0.1, 0.15) is 27.2 Å². The smallest absolute Gasteiger partial charge is 0.292 e. The van der Waals surface area contributed by atoms with Crippen molar-refractivity contribution < 1.29 is 14.3 Å². The van der Waals surface area contributed by atoms with Gasteiger partial charge in [-0.15, -0.1) is 0 Å². The quantitative estimate of drug-likeness (QED) is 0.485. The van der Waals surface area contributed by atoms with Crippen LogP contribution < -0.4 is 20.5 Å². The van der Waals surface area contributed by atoms with E-state index in [1.807, 2.05) is 6.07 Å². The molecule has 0 saturated carbocycles. The summed E-state index contributed by atoms with van der Waals surface area (Å²) < 4.78 is 11.4. The Labute approximate surface area is 178 Å². The number of aromatic nitrogens is 2. The number of para-hydroxylation sites is 1. The number of carbonyl (C=O) groups excluding carboxylic acids is 1. The summed E-state index contributed by atoms with van der Waals surface area (Å²) in [5.74, 6) is 0.426. The molecule has 2 aromatic carbocycles. The molecule has 0 atom stereocenters. The van der Waals surface area contributed by atoms with E-state index in [9.17, 15) is 14.9 Å². The van der Waals surface area contributed by atoms with Crippen LogP contribution in [-0.2, 0) is 0 Å². The molecule has 9 nitrogen and oxygen atoms in total. The van der Waals surface area contributed by atoms with Crippen LogP contribution in [0, 0.1) is 18.3 Å². The third-order valence-electron chi connectivity index (χ3n) is 4.45. The van der Waals surface area contributed by atoms with Crippen molar-refractivity contribution in [3.8, 4) is 23.3 Å². The van der Waals surface area contributed by atoms with Crippen molar-refractivity contribution >= 4 is 12.1 Å². The Morgan fingerprint density at radius 1 is 1.16 bits per heavy atom. The first-order valence-corrected chi connectivity index (χ1v) is 9.15. The maximum absolute atomic E-state index is 12.7. The summed E-state index contributed by atoms with van der Waals surface area (Å²) in [6.45, 7) is 1.50. The molecule has 0 aliphatic carbocycles. The van der Waals surface area contributed by atoms with E-state index in [-0.39, 0.29) is 16.8 Å². The molecule has 0 fully saturated rings. The van der Waals surface area contributed by atoms with Crippen LogP contribution in [0.5, 0.6) is 11.5 Å². The summed E-state index contributed by atoms with van der Waals surface area (Å²) in [6.07, 6.45) is 1.42. The van der Waals surface area contributed by atoms with Crippen LogP contribution in [0.3, 0.4) is 0 Å². The largest absolute Gasteiger partial charge is 0.493 e. The molecule has 9 heteroatoms. The standard InChI is InChI=1S/C22H19N5O4/c1-14-17(12-23)22(29)27(16-7-5-4-6-8-16)26-20(14)21(28)25-24-13-15-9-10-18(30-2)19(11-15)31-3/h4-11,13H,1-3H3,(H,25,28)/b24-13+. The second-order valence-corrected chi connectivity index (χ2v) is 6.33. The Morgan fingerprint density at radius 3 is 2.52 bits per heavy atom. The highest BCUT2D eigenvalue weighted by molar-refractivity contribution is 5.94. The van der Waals surface area contributed by atoms with Crippen molar-refractivity contribution in [2.24, 2.45) is 5.10 Å². The van der Waals surface area contributed by atoms with Gasteiger partial charge in [-0.3, -0.25) is 9.59 Å². The number of hydrogen-bond donors (Lipinski definition) is 1. The van der Waals surface area contributed by atoms with Gasteiger partial charge in [0, 0.05) is 5.56 Å². The summed E-state index contributed by atoms with van der Waals surface area (Å²) >= 11 is 0. The van der Waals surface area contributed by atoms with E-state index in [1.165, 1.54) is 27.4 Å². The topological polar surface area (TPSA) is 119 Å². The lowest BCUT2D eigenvalue weighted by Crippen LogP contribution is -2.31. The second-order valence-electron chi connectivity index (χ2n) is 6.33. The van der Waals surface area contributed by atoms with Gasteiger partial charge in [0.1, 0.15) is 11.6 Å². The molecule has 3 aromatic rings. The number of nitriles is 1. The maximum atomic E-state index is 12.7. The fourth-order valence-electron chi connectivity index (χ4n) is 2.85. The van der Waals surface area contributed by atoms with E-state index in [1.54, 1.807) is 48.5 Å². The van der Waals surface area contributed by atoms with Crippen molar-refractivity contribution in [3.63, 3.8) is 0 Å². The number of ether oxygens (including phenoxy) is 2. The predicted molar refractivity (Wildman–Crippen MR) is 114 cm³/mol. The molecule has 0 bridgehead atoms. The number of methoxy groups -OCH3 is 2. The molecular weight excluding hydrogens is 398 g/mol. The zero-order chi connectivity index (χ0) is 22.4. The second kappa shape index (κ2) is 9.37. The van der Waals surface area contributed by atoms with E-state index in [4.69, 9.17) is 9.47 Å². The lowest BCUT2D eigenvalue weighted by atomic mass is 10.1. The Kier molecular flexibility index (Phi) is 6.42. The fourth-order valence-corrected chi connectivity index (χ4v) is 2.85. The molecule has 0 aliphatic rings. The number of amides is 1. The first-order valence-electron chi connectivity index (χ1n) is 9.15. The van der Waals surface area contributed by atoms with Gasteiger partial charge in [0.2, 0.25) is 0 Å². The third kappa shape index (κ3) is 4.43. The lowest BCUT2D eigenvalue weighted by molar-refractivity contribution is 0.0947. The average molecular weight is 417 g/mol. The van der Waals surface area contributed by atoms with Gasteiger partial charge in [-0.2, -0.15) is 20.1 Å². The van der Waals surface area contributed by atoms with Gasteiger partial charge >= 0.3 is 0 Å². The molecule has 0 aliphatic heterocycles. The predicted octanol–water partition coefficient (Wildman–Crippen LogP) is 2.19. The molecule has 3 rings (SSSR count). The Bertz CT molecular complexity index is 1240. The number of carbonyl (C=O) groups is 1. The number of benzene rings is 2. The van der Waals surface area contributed by atoms with Gasteiger partial charge in [-0.25, -0.2) is 5.43 Å². The number of nitrogens with zero attached hydrogens (tertiary/aromatic N) is 4. The highest BCUT2D eigenvalue weighted by Crippen LogP contribution is 2.26. The van der Waals surface area contributed by atoms with Gasteiger partial charge < -0.3 is 9.47 Å². The van der Waals surface area contributed by atoms with Crippen LogP contribution in [0.4, 0.5) is 0 Å². The zero-order valence-corrected chi connectivity index (χ0v) is 17.1. The molecule has 31 heavy (non-hydrogen) atoms. The van der Waals surface area contributed by atoms with Crippen LogP contribution >= 0.6 is 0 Å². The van der Waals surface area contributed by atoms with Crippen LogP contribution in [0.2, 0.25) is 0 Å². The third-order valence-corrected chi connectivity index (χ3v) is 4.45. The van der Waals surface area contributed by atoms with Crippen molar-refractivity contribution in [3.05, 3.63) is 81.3 Å².